The zero-order valence-electron chi connectivity index (χ0n) is 15.7. The van der Waals surface area contributed by atoms with Crippen LogP contribution in [0.25, 0.3) is 22.4 Å². The van der Waals surface area contributed by atoms with E-state index in [2.05, 4.69) is 30.6 Å². The summed E-state index contributed by atoms with van der Waals surface area (Å²) >= 11 is 0. The summed E-state index contributed by atoms with van der Waals surface area (Å²) in [6, 6.07) is 10.1. The Morgan fingerprint density at radius 3 is 2.82 bits per heavy atom. The van der Waals surface area contributed by atoms with Crippen molar-refractivity contribution in [2.75, 3.05) is 24.5 Å². The van der Waals surface area contributed by atoms with Crippen LogP contribution in [0.2, 0.25) is 0 Å². The first-order valence-corrected chi connectivity index (χ1v) is 9.93. The van der Waals surface area contributed by atoms with Gasteiger partial charge in [-0.25, -0.2) is 0 Å². The third-order valence-electron chi connectivity index (χ3n) is 5.99. The molecule has 0 amide bonds. The fourth-order valence-electron chi connectivity index (χ4n) is 4.55. The molecule has 0 bridgehead atoms. The third kappa shape index (κ3) is 3.11. The number of phenolic OH excluding ortho intramolecular Hbond substituents is 1. The van der Waals surface area contributed by atoms with E-state index in [1.807, 2.05) is 24.3 Å². The van der Waals surface area contributed by atoms with Crippen LogP contribution in [0.5, 0.6) is 5.75 Å². The van der Waals surface area contributed by atoms with Crippen molar-refractivity contribution in [1.29, 1.82) is 0 Å². The number of phenols is 1. The highest BCUT2D eigenvalue weighted by molar-refractivity contribution is 5.73. The molecule has 28 heavy (non-hydrogen) atoms. The Hall–Kier alpha value is -2.93. The van der Waals surface area contributed by atoms with Crippen molar-refractivity contribution in [3.63, 3.8) is 0 Å². The molecule has 144 valence electrons. The molecule has 4 heterocycles. The van der Waals surface area contributed by atoms with Gasteiger partial charge in [0, 0.05) is 29.9 Å². The van der Waals surface area contributed by atoms with E-state index in [9.17, 15) is 5.11 Å². The SMILES string of the molecule is Oc1cc(-c2cn[nH]c2)ccc1-c1ccc(N2CCCC3CNCCC32)nn1. The predicted molar refractivity (Wildman–Crippen MR) is 108 cm³/mol. The first kappa shape index (κ1) is 17.2. The van der Waals surface area contributed by atoms with E-state index < -0.39 is 0 Å². The molecule has 1 aromatic carbocycles. The first-order chi connectivity index (χ1) is 13.8. The van der Waals surface area contributed by atoms with Crippen molar-refractivity contribution in [2.45, 2.75) is 25.3 Å². The number of nitrogens with one attached hydrogen (secondary N) is 2. The molecule has 3 N–H and O–H groups in total. The van der Waals surface area contributed by atoms with Gasteiger partial charge in [0.1, 0.15) is 5.75 Å². The fourth-order valence-corrected chi connectivity index (χ4v) is 4.55. The van der Waals surface area contributed by atoms with E-state index in [4.69, 9.17) is 0 Å². The van der Waals surface area contributed by atoms with Gasteiger partial charge in [-0.05, 0) is 68.1 Å². The summed E-state index contributed by atoms with van der Waals surface area (Å²) in [5.74, 6) is 1.83. The van der Waals surface area contributed by atoms with Crippen molar-refractivity contribution in [3.8, 4) is 28.1 Å². The second-order valence-electron chi connectivity index (χ2n) is 7.65. The number of fused-ring (bicyclic) bond motifs is 1. The number of anilines is 1. The van der Waals surface area contributed by atoms with Crippen molar-refractivity contribution < 1.29 is 5.11 Å². The van der Waals surface area contributed by atoms with Crippen LogP contribution >= 0.6 is 0 Å². The van der Waals surface area contributed by atoms with Crippen molar-refractivity contribution in [2.24, 2.45) is 5.92 Å². The minimum absolute atomic E-state index is 0.192. The van der Waals surface area contributed by atoms with Gasteiger partial charge >= 0.3 is 0 Å². The lowest BCUT2D eigenvalue weighted by molar-refractivity contribution is 0.258. The highest BCUT2D eigenvalue weighted by Gasteiger charge is 2.34. The van der Waals surface area contributed by atoms with E-state index in [1.54, 1.807) is 18.5 Å². The molecule has 5 rings (SSSR count). The van der Waals surface area contributed by atoms with Crippen molar-refractivity contribution >= 4 is 5.82 Å². The molecule has 0 radical (unpaired) electrons. The summed E-state index contributed by atoms with van der Waals surface area (Å²) in [5, 5.41) is 29.7. The molecular formula is C21H24N6O. The number of aromatic hydroxyl groups is 1. The van der Waals surface area contributed by atoms with Crippen LogP contribution in [0, 0.1) is 5.92 Å². The van der Waals surface area contributed by atoms with Gasteiger partial charge in [-0.2, -0.15) is 5.10 Å². The Bertz CT molecular complexity index is 938. The van der Waals surface area contributed by atoms with E-state index >= 15 is 0 Å². The smallest absolute Gasteiger partial charge is 0.151 e. The van der Waals surface area contributed by atoms with Gasteiger partial charge in [0.05, 0.1) is 11.9 Å². The maximum atomic E-state index is 10.5. The molecule has 3 aromatic rings. The quantitative estimate of drug-likeness (QED) is 0.651. The molecular weight excluding hydrogens is 352 g/mol. The summed E-state index contributed by atoms with van der Waals surface area (Å²) in [6.07, 6.45) is 7.18. The van der Waals surface area contributed by atoms with Gasteiger partial charge < -0.3 is 15.3 Å². The minimum atomic E-state index is 0.192. The topological polar surface area (TPSA) is 90.0 Å². The van der Waals surface area contributed by atoms with Gasteiger partial charge in [-0.15, -0.1) is 10.2 Å². The number of benzene rings is 1. The average Bonchev–Trinajstić information content (AvgIpc) is 3.28. The normalized spacial score (nSPS) is 22.1. The molecule has 2 atom stereocenters. The monoisotopic (exact) mass is 376 g/mol. The van der Waals surface area contributed by atoms with Crippen molar-refractivity contribution in [3.05, 3.63) is 42.7 Å². The van der Waals surface area contributed by atoms with E-state index in [0.717, 1.165) is 43.0 Å². The van der Waals surface area contributed by atoms with Crippen LogP contribution in [0.1, 0.15) is 19.3 Å². The molecule has 2 fully saturated rings. The molecule has 2 unspecified atom stereocenters. The molecule has 2 aliphatic rings. The standard InChI is InChI=1S/C21H24N6O/c28-20-10-14(16-12-23-24-13-16)3-4-17(20)18-5-6-21(26-25-18)27-9-1-2-15-11-22-8-7-19(15)27/h3-6,10,12-13,15,19,22,28H,1-2,7-9,11H2,(H,23,24). The summed E-state index contributed by atoms with van der Waals surface area (Å²) in [7, 11) is 0. The summed E-state index contributed by atoms with van der Waals surface area (Å²) in [5.41, 5.74) is 3.21. The lowest BCUT2D eigenvalue weighted by Crippen LogP contribution is -2.53. The minimum Gasteiger partial charge on any atom is -0.507 e. The van der Waals surface area contributed by atoms with Crippen LogP contribution in [0.15, 0.2) is 42.7 Å². The van der Waals surface area contributed by atoms with Gasteiger partial charge in [0.25, 0.3) is 0 Å². The zero-order valence-corrected chi connectivity index (χ0v) is 15.7. The predicted octanol–water partition coefficient (Wildman–Crippen LogP) is 2.82. The lowest BCUT2D eigenvalue weighted by atomic mass is 9.85. The number of hydrogen-bond acceptors (Lipinski definition) is 6. The second-order valence-corrected chi connectivity index (χ2v) is 7.65. The number of rotatable bonds is 3. The summed E-state index contributed by atoms with van der Waals surface area (Å²) in [4.78, 5) is 2.42. The fraction of sp³-hybridized carbons (Fsp3) is 0.381. The first-order valence-electron chi connectivity index (χ1n) is 9.93. The van der Waals surface area contributed by atoms with Crippen LogP contribution < -0.4 is 10.2 Å². The molecule has 0 aliphatic carbocycles. The number of piperidine rings is 2. The second kappa shape index (κ2) is 7.24. The summed E-state index contributed by atoms with van der Waals surface area (Å²) < 4.78 is 0. The molecule has 2 saturated heterocycles. The summed E-state index contributed by atoms with van der Waals surface area (Å²) in [6.45, 7) is 3.21. The third-order valence-corrected chi connectivity index (χ3v) is 5.99. The van der Waals surface area contributed by atoms with Gasteiger partial charge in [-0.1, -0.05) is 6.07 Å². The average molecular weight is 376 g/mol. The molecule has 7 nitrogen and oxygen atoms in total. The Kier molecular flexibility index (Phi) is 4.44. The molecule has 2 aromatic heterocycles. The van der Waals surface area contributed by atoms with E-state index in [-0.39, 0.29) is 5.75 Å². The van der Waals surface area contributed by atoms with Crippen LogP contribution in [-0.4, -0.2) is 51.2 Å². The van der Waals surface area contributed by atoms with Crippen LogP contribution in [0.4, 0.5) is 5.82 Å². The maximum Gasteiger partial charge on any atom is 0.151 e. The number of H-pyrrole nitrogens is 1. The highest BCUT2D eigenvalue weighted by atomic mass is 16.3. The van der Waals surface area contributed by atoms with Gasteiger partial charge in [0.15, 0.2) is 5.82 Å². The maximum absolute atomic E-state index is 10.5. The largest absolute Gasteiger partial charge is 0.507 e. The van der Waals surface area contributed by atoms with E-state index in [1.165, 1.54) is 12.8 Å². The zero-order chi connectivity index (χ0) is 18.9. The number of aromatic amines is 1. The molecule has 2 aliphatic heterocycles. The molecule has 0 spiro atoms. The molecule has 7 heteroatoms. The lowest BCUT2D eigenvalue weighted by Gasteiger charge is -2.44. The highest BCUT2D eigenvalue weighted by Crippen LogP contribution is 2.34. The molecule has 0 saturated carbocycles. The van der Waals surface area contributed by atoms with Gasteiger partial charge in [-0.3, -0.25) is 5.10 Å². The Morgan fingerprint density at radius 2 is 2.04 bits per heavy atom. The van der Waals surface area contributed by atoms with Crippen molar-refractivity contribution in [1.82, 2.24) is 25.7 Å². The van der Waals surface area contributed by atoms with Crippen LogP contribution in [0.3, 0.4) is 0 Å². The van der Waals surface area contributed by atoms with E-state index in [0.29, 0.717) is 23.2 Å². The number of hydrogen-bond donors (Lipinski definition) is 3. The Morgan fingerprint density at radius 1 is 1.07 bits per heavy atom. The van der Waals surface area contributed by atoms with Gasteiger partial charge in [0.2, 0.25) is 0 Å². The Labute approximate surface area is 163 Å². The van der Waals surface area contributed by atoms with Crippen LogP contribution in [-0.2, 0) is 0 Å². The Balaban J connectivity index is 1.39. The number of nitrogens with zero attached hydrogens (tertiary/aromatic N) is 4. The number of aromatic nitrogens is 4.